The van der Waals surface area contributed by atoms with Gasteiger partial charge in [-0.3, -0.25) is 4.99 Å². The van der Waals surface area contributed by atoms with Gasteiger partial charge in [-0.2, -0.15) is 4.31 Å². The highest BCUT2D eigenvalue weighted by atomic mass is 32.2. The van der Waals surface area contributed by atoms with Gasteiger partial charge in [0.1, 0.15) is 4.21 Å². The van der Waals surface area contributed by atoms with E-state index in [9.17, 15) is 8.42 Å². The van der Waals surface area contributed by atoms with Crippen LogP contribution < -0.4 is 10.6 Å². The zero-order chi connectivity index (χ0) is 13.6. The predicted molar refractivity (Wildman–Crippen MR) is 74.6 cm³/mol. The van der Waals surface area contributed by atoms with Crippen LogP contribution in [-0.2, 0) is 10.0 Å². The second kappa shape index (κ2) is 6.72. The Hall–Kier alpha value is -1.12. The van der Waals surface area contributed by atoms with Gasteiger partial charge in [-0.05, 0) is 11.4 Å². The molecular formula is C10H18N4O2S2. The van der Waals surface area contributed by atoms with Gasteiger partial charge in [-0.1, -0.05) is 6.07 Å². The van der Waals surface area contributed by atoms with E-state index in [0.29, 0.717) is 23.3 Å². The molecule has 0 unspecified atom stereocenters. The van der Waals surface area contributed by atoms with Crippen molar-refractivity contribution in [3.05, 3.63) is 17.5 Å². The Kier molecular flexibility index (Phi) is 5.57. The molecule has 0 aliphatic rings. The van der Waals surface area contributed by atoms with Crippen molar-refractivity contribution in [3.63, 3.8) is 0 Å². The molecule has 1 heterocycles. The molecule has 0 bridgehead atoms. The number of nitrogens with zero attached hydrogens (tertiary/aromatic N) is 2. The first-order chi connectivity index (χ1) is 8.52. The third-order valence-corrected chi connectivity index (χ3v) is 5.57. The van der Waals surface area contributed by atoms with Crippen LogP contribution in [0.25, 0.3) is 0 Å². The molecule has 8 heteroatoms. The maximum Gasteiger partial charge on any atom is 0.252 e. The fourth-order valence-electron chi connectivity index (χ4n) is 1.30. The third-order valence-electron chi connectivity index (χ3n) is 2.34. The third kappa shape index (κ3) is 3.69. The molecule has 1 aromatic rings. The van der Waals surface area contributed by atoms with E-state index in [2.05, 4.69) is 15.6 Å². The van der Waals surface area contributed by atoms with Crippen LogP contribution in [0, 0.1) is 0 Å². The van der Waals surface area contributed by atoms with Gasteiger partial charge in [0.05, 0.1) is 0 Å². The second-order valence-electron chi connectivity index (χ2n) is 3.51. The smallest absolute Gasteiger partial charge is 0.252 e. The van der Waals surface area contributed by atoms with Gasteiger partial charge in [-0.25, -0.2) is 8.42 Å². The standard InChI is InChI=1S/C10H18N4O2S2/c1-11-10(12-2)13-6-7-14(3)18(15,16)9-5-4-8-17-9/h4-5,8H,6-7H2,1-3H3,(H2,11,12,13). The lowest BCUT2D eigenvalue weighted by Gasteiger charge is -2.17. The maximum atomic E-state index is 12.1. The van der Waals surface area contributed by atoms with Crippen LogP contribution in [0.2, 0.25) is 0 Å². The Bertz CT molecular complexity index is 482. The van der Waals surface area contributed by atoms with E-state index in [1.54, 1.807) is 38.7 Å². The summed E-state index contributed by atoms with van der Waals surface area (Å²) >= 11 is 1.22. The first kappa shape index (κ1) is 14.9. The van der Waals surface area contributed by atoms with Crippen LogP contribution in [0.5, 0.6) is 0 Å². The zero-order valence-electron chi connectivity index (χ0n) is 10.7. The lowest BCUT2D eigenvalue weighted by atomic mass is 10.6. The summed E-state index contributed by atoms with van der Waals surface area (Å²) in [5.41, 5.74) is 0. The summed E-state index contributed by atoms with van der Waals surface area (Å²) in [6, 6.07) is 3.34. The van der Waals surface area contributed by atoms with Crippen molar-refractivity contribution in [2.45, 2.75) is 4.21 Å². The number of hydrogen-bond acceptors (Lipinski definition) is 4. The van der Waals surface area contributed by atoms with E-state index >= 15 is 0 Å². The maximum absolute atomic E-state index is 12.1. The van der Waals surface area contributed by atoms with E-state index < -0.39 is 10.0 Å². The molecule has 18 heavy (non-hydrogen) atoms. The van der Waals surface area contributed by atoms with Gasteiger partial charge in [0.15, 0.2) is 5.96 Å². The summed E-state index contributed by atoms with van der Waals surface area (Å²) in [7, 11) is 1.62. The number of nitrogens with one attached hydrogen (secondary N) is 2. The zero-order valence-corrected chi connectivity index (χ0v) is 12.3. The molecule has 0 saturated carbocycles. The minimum atomic E-state index is -3.36. The summed E-state index contributed by atoms with van der Waals surface area (Å²) in [5, 5.41) is 7.62. The van der Waals surface area contributed by atoms with Crippen LogP contribution in [0.4, 0.5) is 0 Å². The van der Waals surface area contributed by atoms with E-state index in [-0.39, 0.29) is 0 Å². The molecule has 1 rings (SSSR count). The number of aliphatic imine (C=N–C) groups is 1. The quantitative estimate of drug-likeness (QED) is 0.598. The fourth-order valence-corrected chi connectivity index (χ4v) is 3.67. The number of thiophene rings is 1. The molecule has 0 saturated heterocycles. The monoisotopic (exact) mass is 290 g/mol. The molecule has 2 N–H and O–H groups in total. The molecule has 1 aromatic heterocycles. The van der Waals surface area contributed by atoms with E-state index in [0.717, 1.165) is 0 Å². The number of rotatable bonds is 5. The molecule has 0 spiro atoms. The van der Waals surface area contributed by atoms with E-state index in [1.165, 1.54) is 15.6 Å². The lowest BCUT2D eigenvalue weighted by Crippen LogP contribution is -2.40. The van der Waals surface area contributed by atoms with Crippen molar-refractivity contribution in [3.8, 4) is 0 Å². The first-order valence-corrected chi connectivity index (χ1v) is 7.72. The van der Waals surface area contributed by atoms with Crippen molar-refractivity contribution in [2.24, 2.45) is 4.99 Å². The van der Waals surface area contributed by atoms with Crippen molar-refractivity contribution in [1.29, 1.82) is 0 Å². The van der Waals surface area contributed by atoms with Crippen LogP contribution in [0.1, 0.15) is 0 Å². The highest BCUT2D eigenvalue weighted by molar-refractivity contribution is 7.91. The Balaban J connectivity index is 2.54. The largest absolute Gasteiger partial charge is 0.359 e. The summed E-state index contributed by atoms with van der Waals surface area (Å²) in [6.45, 7) is 0.871. The minimum absolute atomic E-state index is 0.364. The van der Waals surface area contributed by atoms with Crippen molar-refractivity contribution in [1.82, 2.24) is 14.9 Å². The van der Waals surface area contributed by atoms with Gasteiger partial charge >= 0.3 is 0 Å². The summed E-state index contributed by atoms with van der Waals surface area (Å²) in [6.07, 6.45) is 0. The van der Waals surface area contributed by atoms with Gasteiger partial charge in [-0.15, -0.1) is 11.3 Å². The number of likely N-dealkylation sites (N-methyl/N-ethyl adjacent to an activating group) is 1. The SMILES string of the molecule is CN=C(NC)NCCN(C)S(=O)(=O)c1cccs1. The van der Waals surface area contributed by atoms with E-state index in [4.69, 9.17) is 0 Å². The molecule has 0 fully saturated rings. The topological polar surface area (TPSA) is 73.8 Å². The second-order valence-corrected chi connectivity index (χ2v) is 6.73. The average Bonchev–Trinajstić information content (AvgIpc) is 2.88. The first-order valence-electron chi connectivity index (χ1n) is 5.40. The molecule has 0 radical (unpaired) electrons. The van der Waals surface area contributed by atoms with Gasteiger partial charge < -0.3 is 10.6 Å². The van der Waals surface area contributed by atoms with Gasteiger partial charge in [0.2, 0.25) is 0 Å². The van der Waals surface area contributed by atoms with Gasteiger partial charge in [0.25, 0.3) is 10.0 Å². The summed E-state index contributed by atoms with van der Waals surface area (Å²) in [4.78, 5) is 3.94. The Morgan fingerprint density at radius 1 is 1.56 bits per heavy atom. The van der Waals surface area contributed by atoms with Crippen molar-refractivity contribution < 1.29 is 8.42 Å². The lowest BCUT2D eigenvalue weighted by molar-refractivity contribution is 0.472. The van der Waals surface area contributed by atoms with Crippen molar-refractivity contribution in [2.75, 3.05) is 34.2 Å². The number of guanidine groups is 1. The van der Waals surface area contributed by atoms with Gasteiger partial charge in [0, 0.05) is 34.2 Å². The predicted octanol–water partition coefficient (Wildman–Crippen LogP) is 0.163. The van der Waals surface area contributed by atoms with Crippen LogP contribution >= 0.6 is 11.3 Å². The van der Waals surface area contributed by atoms with E-state index in [1.807, 2.05) is 0 Å². The number of hydrogen-bond donors (Lipinski definition) is 2. The molecule has 0 aliphatic carbocycles. The summed E-state index contributed by atoms with van der Waals surface area (Å²) < 4.78 is 25.8. The van der Waals surface area contributed by atoms with Crippen LogP contribution in [0.3, 0.4) is 0 Å². The molecule has 6 nitrogen and oxygen atoms in total. The molecule has 0 aromatic carbocycles. The van der Waals surface area contributed by atoms with Crippen molar-refractivity contribution >= 4 is 27.3 Å². The van der Waals surface area contributed by atoms with Crippen LogP contribution in [-0.4, -0.2) is 52.9 Å². The Labute approximate surface area is 112 Å². The minimum Gasteiger partial charge on any atom is -0.359 e. The van der Waals surface area contributed by atoms with Crippen LogP contribution in [0.15, 0.2) is 26.7 Å². The Morgan fingerprint density at radius 3 is 2.78 bits per heavy atom. The molecular weight excluding hydrogens is 272 g/mol. The fraction of sp³-hybridized carbons (Fsp3) is 0.500. The normalized spacial score (nSPS) is 12.8. The molecule has 102 valence electrons. The molecule has 0 aliphatic heterocycles. The highest BCUT2D eigenvalue weighted by Gasteiger charge is 2.20. The Morgan fingerprint density at radius 2 is 2.28 bits per heavy atom. The number of sulfonamides is 1. The average molecular weight is 290 g/mol. The molecule has 0 atom stereocenters. The molecule has 0 amide bonds. The highest BCUT2D eigenvalue weighted by Crippen LogP contribution is 2.19. The summed E-state index contributed by atoms with van der Waals surface area (Å²) in [5.74, 6) is 0.636.